The lowest BCUT2D eigenvalue weighted by Gasteiger charge is -2.28. The van der Waals surface area contributed by atoms with Crippen LogP contribution in [0.5, 0.6) is 0 Å². The van der Waals surface area contributed by atoms with Crippen LogP contribution >= 0.6 is 0 Å². The Morgan fingerprint density at radius 1 is 1.57 bits per heavy atom. The zero-order chi connectivity index (χ0) is 10.6. The van der Waals surface area contributed by atoms with Crippen LogP contribution in [-0.2, 0) is 14.6 Å². The van der Waals surface area contributed by atoms with Crippen molar-refractivity contribution in [3.63, 3.8) is 0 Å². The van der Waals surface area contributed by atoms with Crippen molar-refractivity contribution in [2.75, 3.05) is 32.2 Å². The van der Waals surface area contributed by atoms with E-state index in [1.54, 1.807) is 7.11 Å². The van der Waals surface area contributed by atoms with Crippen LogP contribution in [0.4, 0.5) is 0 Å². The van der Waals surface area contributed by atoms with Crippen molar-refractivity contribution in [1.82, 2.24) is 5.32 Å². The predicted molar refractivity (Wildman–Crippen MR) is 56.1 cm³/mol. The summed E-state index contributed by atoms with van der Waals surface area (Å²) in [5, 5.41) is 3.02. The molecule has 0 saturated carbocycles. The number of hydrogen-bond donors (Lipinski definition) is 1. The van der Waals surface area contributed by atoms with Gasteiger partial charge in [-0.25, -0.2) is 8.42 Å². The first-order valence-electron chi connectivity index (χ1n) is 4.97. The fourth-order valence-corrected chi connectivity index (χ4v) is 3.80. The molecule has 0 spiro atoms. The highest BCUT2D eigenvalue weighted by molar-refractivity contribution is 7.91. The lowest BCUT2D eigenvalue weighted by molar-refractivity contribution is 0.0564. The maximum Gasteiger partial charge on any atom is 0.150 e. The van der Waals surface area contributed by atoms with Gasteiger partial charge in [-0.15, -0.1) is 0 Å². The minimum Gasteiger partial charge on any atom is -0.380 e. The van der Waals surface area contributed by atoms with E-state index < -0.39 is 9.84 Å². The third-order valence-corrected chi connectivity index (χ3v) is 4.58. The van der Waals surface area contributed by atoms with Crippen molar-refractivity contribution in [2.45, 2.75) is 18.9 Å². The second kappa shape index (κ2) is 5.09. The van der Waals surface area contributed by atoms with Gasteiger partial charge in [0.1, 0.15) is 0 Å². The largest absolute Gasteiger partial charge is 0.380 e. The van der Waals surface area contributed by atoms with Gasteiger partial charge in [-0.1, -0.05) is 0 Å². The molecule has 0 radical (unpaired) electrons. The molecule has 14 heavy (non-hydrogen) atoms. The summed E-state index contributed by atoms with van der Waals surface area (Å²) in [4.78, 5) is 0. The molecule has 0 bridgehead atoms. The molecule has 2 unspecified atom stereocenters. The van der Waals surface area contributed by atoms with Gasteiger partial charge in [-0.05, 0) is 19.9 Å². The van der Waals surface area contributed by atoms with Gasteiger partial charge in [0, 0.05) is 19.6 Å². The summed E-state index contributed by atoms with van der Waals surface area (Å²) < 4.78 is 28.1. The van der Waals surface area contributed by atoms with Gasteiger partial charge >= 0.3 is 0 Å². The average molecular weight is 221 g/mol. The monoisotopic (exact) mass is 221 g/mol. The van der Waals surface area contributed by atoms with Crippen molar-refractivity contribution in [2.24, 2.45) is 5.92 Å². The van der Waals surface area contributed by atoms with Gasteiger partial charge in [0.25, 0.3) is 0 Å². The van der Waals surface area contributed by atoms with E-state index in [0.29, 0.717) is 5.75 Å². The maximum atomic E-state index is 11.4. The smallest absolute Gasteiger partial charge is 0.150 e. The first kappa shape index (κ1) is 11.9. The fraction of sp³-hybridized carbons (Fsp3) is 1.00. The average Bonchev–Trinajstić information content (AvgIpc) is 2.12. The van der Waals surface area contributed by atoms with E-state index in [2.05, 4.69) is 5.32 Å². The summed E-state index contributed by atoms with van der Waals surface area (Å²) in [6, 6.07) is 0. The van der Waals surface area contributed by atoms with Crippen LogP contribution in [-0.4, -0.2) is 46.7 Å². The molecule has 5 heteroatoms. The number of likely N-dealkylation sites (N-methyl/N-ethyl adjacent to an activating group) is 1. The number of ether oxygens (including phenoxy) is 1. The van der Waals surface area contributed by atoms with E-state index in [1.807, 2.05) is 7.05 Å². The van der Waals surface area contributed by atoms with Gasteiger partial charge < -0.3 is 10.1 Å². The quantitative estimate of drug-likeness (QED) is 0.728. The van der Waals surface area contributed by atoms with Crippen LogP contribution in [0.1, 0.15) is 12.8 Å². The summed E-state index contributed by atoms with van der Waals surface area (Å²) in [6.45, 7) is 0.719. The van der Waals surface area contributed by atoms with E-state index in [-0.39, 0.29) is 17.8 Å². The Morgan fingerprint density at radius 2 is 2.29 bits per heavy atom. The second-order valence-electron chi connectivity index (χ2n) is 3.85. The number of rotatable bonds is 4. The van der Waals surface area contributed by atoms with Crippen LogP contribution in [0, 0.1) is 5.92 Å². The van der Waals surface area contributed by atoms with Crippen LogP contribution < -0.4 is 5.32 Å². The van der Waals surface area contributed by atoms with E-state index in [1.165, 1.54) is 0 Å². The van der Waals surface area contributed by atoms with Gasteiger partial charge in [-0.2, -0.15) is 0 Å². The van der Waals surface area contributed by atoms with Crippen LogP contribution in [0.3, 0.4) is 0 Å². The van der Waals surface area contributed by atoms with Crippen molar-refractivity contribution < 1.29 is 13.2 Å². The highest BCUT2D eigenvalue weighted by Crippen LogP contribution is 2.22. The Bertz CT molecular complexity index is 263. The molecule has 1 aliphatic rings. The highest BCUT2D eigenvalue weighted by atomic mass is 32.2. The Labute approximate surface area is 85.9 Å². The Hall–Kier alpha value is -0.130. The topological polar surface area (TPSA) is 55.4 Å². The normalized spacial score (nSPS) is 28.6. The Balaban J connectivity index is 2.57. The molecule has 2 atom stereocenters. The van der Waals surface area contributed by atoms with Gasteiger partial charge in [0.15, 0.2) is 9.84 Å². The third kappa shape index (κ3) is 3.22. The molecular weight excluding hydrogens is 202 g/mol. The molecule has 4 nitrogen and oxygen atoms in total. The summed E-state index contributed by atoms with van der Waals surface area (Å²) >= 11 is 0. The standard InChI is InChI=1S/C9H19NO3S/c1-10-6-9(13-2)8-4-3-5-14(11,12)7-8/h8-10H,3-7H2,1-2H3. The van der Waals surface area contributed by atoms with Crippen molar-refractivity contribution in [3.05, 3.63) is 0 Å². The fourth-order valence-electron chi connectivity index (χ4n) is 2.00. The second-order valence-corrected chi connectivity index (χ2v) is 6.08. The van der Waals surface area contributed by atoms with E-state index >= 15 is 0 Å². The third-order valence-electron chi connectivity index (χ3n) is 2.73. The summed E-state index contributed by atoms with van der Waals surface area (Å²) in [5.74, 6) is 0.790. The van der Waals surface area contributed by atoms with E-state index in [0.717, 1.165) is 19.4 Å². The van der Waals surface area contributed by atoms with Crippen LogP contribution in [0.2, 0.25) is 0 Å². The number of nitrogens with one attached hydrogen (secondary N) is 1. The molecule has 1 heterocycles. The summed E-state index contributed by atoms with van der Waals surface area (Å²) in [5.41, 5.74) is 0. The van der Waals surface area contributed by atoms with Crippen LogP contribution in [0.25, 0.3) is 0 Å². The minimum atomic E-state index is -2.81. The lowest BCUT2D eigenvalue weighted by Crippen LogP contribution is -2.39. The minimum absolute atomic E-state index is 0.0232. The van der Waals surface area contributed by atoms with Crippen molar-refractivity contribution >= 4 is 9.84 Å². The number of methoxy groups -OCH3 is 1. The molecule has 0 amide bonds. The molecule has 1 rings (SSSR count). The van der Waals surface area contributed by atoms with Crippen molar-refractivity contribution in [3.8, 4) is 0 Å². The Kier molecular flexibility index (Phi) is 4.34. The predicted octanol–water partition coefficient (Wildman–Crippen LogP) is 0.0456. The maximum absolute atomic E-state index is 11.4. The molecule has 0 aliphatic carbocycles. The molecule has 1 N–H and O–H groups in total. The SMILES string of the molecule is CNCC(OC)C1CCCS(=O)(=O)C1. The zero-order valence-electron chi connectivity index (χ0n) is 8.82. The highest BCUT2D eigenvalue weighted by Gasteiger charge is 2.30. The molecule has 0 aromatic heterocycles. The molecular formula is C9H19NO3S. The summed E-state index contributed by atoms with van der Waals surface area (Å²) in [7, 11) is 0.680. The van der Waals surface area contributed by atoms with E-state index in [9.17, 15) is 8.42 Å². The molecule has 1 aliphatic heterocycles. The summed E-state index contributed by atoms with van der Waals surface area (Å²) in [6.07, 6.45) is 1.76. The molecule has 1 fully saturated rings. The number of hydrogen-bond acceptors (Lipinski definition) is 4. The lowest BCUT2D eigenvalue weighted by atomic mass is 9.98. The molecule has 0 aromatic carbocycles. The first-order chi connectivity index (χ1) is 6.59. The number of sulfone groups is 1. The molecule has 1 saturated heterocycles. The van der Waals surface area contributed by atoms with Gasteiger partial charge in [-0.3, -0.25) is 0 Å². The van der Waals surface area contributed by atoms with E-state index in [4.69, 9.17) is 4.74 Å². The van der Waals surface area contributed by atoms with Crippen molar-refractivity contribution in [1.29, 1.82) is 0 Å². The van der Waals surface area contributed by atoms with Crippen LogP contribution in [0.15, 0.2) is 0 Å². The van der Waals surface area contributed by atoms with Gasteiger partial charge in [0.2, 0.25) is 0 Å². The zero-order valence-corrected chi connectivity index (χ0v) is 9.64. The van der Waals surface area contributed by atoms with Gasteiger partial charge in [0.05, 0.1) is 17.6 Å². The Morgan fingerprint density at radius 3 is 2.79 bits per heavy atom. The first-order valence-corrected chi connectivity index (χ1v) is 6.79. The molecule has 84 valence electrons. The molecule has 0 aromatic rings.